The lowest BCUT2D eigenvalue weighted by atomic mass is 10.2. The minimum Gasteiger partial charge on any atom is -0.293 e. The largest absolute Gasteiger partial charge is 0.471 e. The highest BCUT2D eigenvalue weighted by atomic mass is 32.1. The highest BCUT2D eigenvalue weighted by Crippen LogP contribution is 2.23. The normalized spacial score (nSPS) is 12.1. The van der Waals surface area contributed by atoms with Gasteiger partial charge < -0.3 is 0 Å². The van der Waals surface area contributed by atoms with Gasteiger partial charge in [0.05, 0.1) is 0 Å². The summed E-state index contributed by atoms with van der Waals surface area (Å²) in [4.78, 5) is 21.6. The summed E-state index contributed by atoms with van der Waals surface area (Å²) in [7, 11) is 0. The molecule has 0 fully saturated rings. The van der Waals surface area contributed by atoms with Crippen LogP contribution in [0.3, 0.4) is 0 Å². The maximum Gasteiger partial charge on any atom is 0.471 e. The van der Waals surface area contributed by atoms with Crippen LogP contribution in [-0.4, -0.2) is 44.6 Å². The molecule has 154 valence electrons. The van der Waals surface area contributed by atoms with Gasteiger partial charge in [-0.05, 0) is 12.8 Å². The molecule has 2 heterocycles. The van der Waals surface area contributed by atoms with Crippen LogP contribution >= 0.6 is 22.7 Å². The molecular weight excluding hydrogens is 438 g/mol. The first-order valence-electron chi connectivity index (χ1n) is 7.36. The van der Waals surface area contributed by atoms with Crippen molar-refractivity contribution in [1.82, 2.24) is 20.4 Å². The first kappa shape index (κ1) is 21.9. The molecule has 2 N–H and O–H groups in total. The predicted octanol–water partition coefficient (Wildman–Crippen LogP) is 2.96. The number of halogens is 6. The number of anilines is 2. The number of nitrogens with one attached hydrogen (secondary N) is 2. The minimum absolute atomic E-state index is 0.272. The molecule has 0 aliphatic carbocycles. The van der Waals surface area contributed by atoms with Crippen LogP contribution in [0.1, 0.15) is 22.9 Å². The van der Waals surface area contributed by atoms with E-state index in [2.05, 4.69) is 20.4 Å². The lowest BCUT2D eigenvalue weighted by molar-refractivity contribution is -0.167. The van der Waals surface area contributed by atoms with Crippen LogP contribution in [0, 0.1) is 0 Å². The van der Waals surface area contributed by atoms with Crippen molar-refractivity contribution in [2.24, 2.45) is 0 Å². The lowest BCUT2D eigenvalue weighted by Crippen LogP contribution is -2.29. The number of aryl methyl sites for hydroxylation is 2. The Bertz CT molecular complexity index is 765. The molecule has 2 aromatic heterocycles. The smallest absolute Gasteiger partial charge is 0.293 e. The molecule has 0 aliphatic heterocycles. The third-order valence-corrected chi connectivity index (χ3v) is 4.72. The van der Waals surface area contributed by atoms with Crippen molar-refractivity contribution >= 4 is 44.8 Å². The zero-order valence-corrected chi connectivity index (χ0v) is 15.2. The van der Waals surface area contributed by atoms with Gasteiger partial charge in [-0.2, -0.15) is 26.3 Å². The second kappa shape index (κ2) is 8.76. The first-order valence-corrected chi connectivity index (χ1v) is 8.99. The van der Waals surface area contributed by atoms with E-state index >= 15 is 0 Å². The summed E-state index contributed by atoms with van der Waals surface area (Å²) in [6, 6.07) is 0. The Morgan fingerprint density at radius 1 is 0.714 bits per heavy atom. The molecule has 2 aromatic rings. The molecule has 0 atom stereocenters. The van der Waals surface area contributed by atoms with Gasteiger partial charge in [0.15, 0.2) is 0 Å². The molecule has 0 radical (unpaired) electrons. The Kier molecular flexibility index (Phi) is 6.87. The highest BCUT2D eigenvalue weighted by Gasteiger charge is 2.40. The Labute approximate surface area is 160 Å². The summed E-state index contributed by atoms with van der Waals surface area (Å²) >= 11 is 1.61. The van der Waals surface area contributed by atoms with E-state index in [-0.39, 0.29) is 10.3 Å². The van der Waals surface area contributed by atoms with Crippen molar-refractivity contribution in [3.05, 3.63) is 10.0 Å². The fourth-order valence-corrected chi connectivity index (χ4v) is 3.25. The van der Waals surface area contributed by atoms with Crippen molar-refractivity contribution in [1.29, 1.82) is 0 Å². The molecule has 0 bridgehead atoms. The topological polar surface area (TPSA) is 110 Å². The molecule has 0 saturated heterocycles. The molecule has 0 aromatic carbocycles. The van der Waals surface area contributed by atoms with Crippen molar-refractivity contribution in [3.63, 3.8) is 0 Å². The molecule has 2 amide bonds. The molecule has 28 heavy (non-hydrogen) atoms. The number of unbranched alkanes of at least 4 members (excludes halogenated alkanes) is 1. The van der Waals surface area contributed by atoms with Crippen molar-refractivity contribution in [3.8, 4) is 0 Å². The van der Waals surface area contributed by atoms with Crippen LogP contribution in [0.5, 0.6) is 0 Å². The Morgan fingerprint density at radius 2 is 1.07 bits per heavy atom. The fourth-order valence-electron chi connectivity index (χ4n) is 1.70. The van der Waals surface area contributed by atoms with Crippen molar-refractivity contribution < 1.29 is 35.9 Å². The van der Waals surface area contributed by atoms with Gasteiger partial charge >= 0.3 is 24.2 Å². The van der Waals surface area contributed by atoms with Gasteiger partial charge in [-0.3, -0.25) is 20.2 Å². The summed E-state index contributed by atoms with van der Waals surface area (Å²) in [5.41, 5.74) is 0. The molecule has 0 unspecified atom stereocenters. The van der Waals surface area contributed by atoms with Gasteiger partial charge in [-0.1, -0.05) is 22.7 Å². The minimum atomic E-state index is -5.02. The SMILES string of the molecule is O=C(Nc1nnc(CCCCc2nnc(NC(=O)C(F)(F)F)s2)s1)C(F)(F)F. The average Bonchev–Trinajstić information content (AvgIpc) is 3.19. The number of amides is 2. The summed E-state index contributed by atoms with van der Waals surface area (Å²) in [6.45, 7) is 0. The fraction of sp³-hybridized carbons (Fsp3) is 0.500. The predicted molar refractivity (Wildman–Crippen MR) is 85.8 cm³/mol. The van der Waals surface area contributed by atoms with Crippen LogP contribution in [0.15, 0.2) is 0 Å². The number of alkyl halides is 6. The number of rotatable bonds is 7. The Balaban J connectivity index is 1.74. The molecule has 0 aliphatic rings. The van der Waals surface area contributed by atoms with Crippen molar-refractivity contribution in [2.75, 3.05) is 10.6 Å². The van der Waals surface area contributed by atoms with Crippen LogP contribution in [0.25, 0.3) is 0 Å². The summed E-state index contributed by atoms with van der Waals surface area (Å²) in [5.74, 6) is -4.28. The number of carbonyl (C=O) groups excluding carboxylic acids is 2. The highest BCUT2D eigenvalue weighted by molar-refractivity contribution is 7.15. The third kappa shape index (κ3) is 6.66. The number of aromatic nitrogens is 4. The van der Waals surface area contributed by atoms with Gasteiger partial charge in [0.1, 0.15) is 10.0 Å². The number of nitrogens with zero attached hydrogens (tertiary/aromatic N) is 4. The van der Waals surface area contributed by atoms with E-state index in [1.165, 1.54) is 0 Å². The van der Waals surface area contributed by atoms with Crippen LogP contribution < -0.4 is 10.6 Å². The van der Waals surface area contributed by atoms with Crippen LogP contribution in [0.2, 0.25) is 0 Å². The van der Waals surface area contributed by atoms with Gasteiger partial charge in [0, 0.05) is 12.8 Å². The first-order chi connectivity index (χ1) is 12.9. The number of hydrogen-bond donors (Lipinski definition) is 2. The zero-order chi connectivity index (χ0) is 20.9. The molecule has 2 rings (SSSR count). The molecular formula is C12H10F6N6O2S2. The molecule has 16 heteroatoms. The lowest BCUT2D eigenvalue weighted by Gasteiger charge is -2.03. The average molecular weight is 448 g/mol. The monoisotopic (exact) mass is 448 g/mol. The second-order valence-corrected chi connectivity index (χ2v) is 7.24. The van der Waals surface area contributed by atoms with E-state index in [0.717, 1.165) is 22.7 Å². The quantitative estimate of drug-likeness (QED) is 0.498. The van der Waals surface area contributed by atoms with Gasteiger partial charge in [-0.25, -0.2) is 0 Å². The molecule has 0 spiro atoms. The maximum absolute atomic E-state index is 12.1. The maximum atomic E-state index is 12.1. The van der Waals surface area contributed by atoms with Gasteiger partial charge in [0.25, 0.3) is 0 Å². The Morgan fingerprint density at radius 3 is 1.39 bits per heavy atom. The van der Waals surface area contributed by atoms with E-state index in [9.17, 15) is 35.9 Å². The van der Waals surface area contributed by atoms with E-state index in [0.29, 0.717) is 35.7 Å². The van der Waals surface area contributed by atoms with Crippen molar-refractivity contribution in [2.45, 2.75) is 38.0 Å². The molecule has 0 saturated carbocycles. The van der Waals surface area contributed by atoms with E-state index < -0.39 is 24.2 Å². The molecule has 8 nitrogen and oxygen atoms in total. The summed E-state index contributed by atoms with van der Waals surface area (Å²) in [6.07, 6.45) is -8.23. The summed E-state index contributed by atoms with van der Waals surface area (Å²) in [5, 5.41) is 17.7. The van der Waals surface area contributed by atoms with Gasteiger partial charge in [-0.15, -0.1) is 20.4 Å². The zero-order valence-electron chi connectivity index (χ0n) is 13.5. The summed E-state index contributed by atoms with van der Waals surface area (Å²) < 4.78 is 72.8. The Hall–Kier alpha value is -2.36. The van der Waals surface area contributed by atoms with E-state index in [1.54, 1.807) is 10.6 Å². The third-order valence-electron chi connectivity index (χ3n) is 2.92. The second-order valence-electron chi connectivity index (χ2n) is 5.11. The number of hydrogen-bond acceptors (Lipinski definition) is 8. The van der Waals surface area contributed by atoms with E-state index in [4.69, 9.17) is 0 Å². The standard InChI is InChI=1S/C12H10F6N6O2S2/c13-11(14,15)7(25)19-9-23-21-5(27-9)3-1-2-4-6-22-24-10(28-6)20-8(26)12(16,17)18/h1-4H2,(H,19,23,25)(H,20,24,26). The van der Waals surface area contributed by atoms with E-state index in [1.807, 2.05) is 0 Å². The number of carbonyl (C=O) groups is 2. The van der Waals surface area contributed by atoms with Gasteiger partial charge in [0.2, 0.25) is 10.3 Å². The van der Waals surface area contributed by atoms with Crippen LogP contribution in [-0.2, 0) is 22.4 Å². The van der Waals surface area contributed by atoms with Crippen LogP contribution in [0.4, 0.5) is 36.6 Å².